The van der Waals surface area contributed by atoms with Crippen molar-refractivity contribution in [3.05, 3.63) is 29.8 Å². The van der Waals surface area contributed by atoms with Crippen LogP contribution in [0.2, 0.25) is 0 Å². The summed E-state index contributed by atoms with van der Waals surface area (Å²) in [6.45, 7) is 6.94. The number of para-hydroxylation sites is 1. The van der Waals surface area contributed by atoms with Gasteiger partial charge in [0.2, 0.25) is 5.91 Å². The fourth-order valence-electron chi connectivity index (χ4n) is 2.95. The third-order valence-electron chi connectivity index (χ3n) is 4.55. The fourth-order valence-corrected chi connectivity index (χ4v) is 2.95. The van der Waals surface area contributed by atoms with Crippen molar-refractivity contribution < 1.29 is 4.79 Å². The number of amides is 1. The molecule has 1 aromatic carbocycles. The summed E-state index contributed by atoms with van der Waals surface area (Å²) < 4.78 is 0. The molecule has 1 amide bonds. The van der Waals surface area contributed by atoms with Gasteiger partial charge in [-0.3, -0.25) is 4.79 Å². The SMILES string of the molecule is CC(=O)N(C)Cc1ccccc1NC1CCCC1(C)C. The van der Waals surface area contributed by atoms with E-state index in [0.29, 0.717) is 18.0 Å². The van der Waals surface area contributed by atoms with Crippen LogP contribution in [0.15, 0.2) is 24.3 Å². The molecule has 0 radical (unpaired) electrons. The summed E-state index contributed by atoms with van der Waals surface area (Å²) in [6.07, 6.45) is 3.80. The van der Waals surface area contributed by atoms with Crippen LogP contribution in [0.25, 0.3) is 0 Å². The van der Waals surface area contributed by atoms with Gasteiger partial charge in [0, 0.05) is 32.2 Å². The topological polar surface area (TPSA) is 32.3 Å². The Morgan fingerprint density at radius 1 is 1.40 bits per heavy atom. The molecule has 0 spiro atoms. The van der Waals surface area contributed by atoms with Gasteiger partial charge in [-0.05, 0) is 29.9 Å². The molecule has 1 saturated carbocycles. The van der Waals surface area contributed by atoms with E-state index in [4.69, 9.17) is 0 Å². The van der Waals surface area contributed by atoms with Crippen molar-refractivity contribution in [2.45, 2.75) is 52.6 Å². The average molecular weight is 274 g/mol. The highest BCUT2D eigenvalue weighted by Crippen LogP contribution is 2.39. The van der Waals surface area contributed by atoms with Crippen LogP contribution in [0.3, 0.4) is 0 Å². The van der Waals surface area contributed by atoms with Crippen molar-refractivity contribution in [2.24, 2.45) is 5.41 Å². The Bertz CT molecular complexity index is 482. The molecule has 3 heteroatoms. The van der Waals surface area contributed by atoms with Crippen LogP contribution in [0.1, 0.15) is 45.6 Å². The molecule has 2 rings (SSSR count). The molecule has 0 aliphatic heterocycles. The molecule has 20 heavy (non-hydrogen) atoms. The minimum absolute atomic E-state index is 0.0981. The Labute approximate surface area is 122 Å². The normalized spacial score (nSPS) is 20.7. The van der Waals surface area contributed by atoms with E-state index in [2.05, 4.69) is 37.4 Å². The van der Waals surface area contributed by atoms with Gasteiger partial charge in [0.15, 0.2) is 0 Å². The number of hydrogen-bond acceptors (Lipinski definition) is 2. The van der Waals surface area contributed by atoms with Crippen LogP contribution in [-0.2, 0) is 11.3 Å². The predicted octanol–water partition coefficient (Wildman–Crippen LogP) is 3.66. The van der Waals surface area contributed by atoms with Gasteiger partial charge in [-0.15, -0.1) is 0 Å². The average Bonchev–Trinajstić information content (AvgIpc) is 2.71. The van der Waals surface area contributed by atoms with E-state index >= 15 is 0 Å². The first-order valence-corrected chi connectivity index (χ1v) is 7.46. The van der Waals surface area contributed by atoms with Crippen LogP contribution in [0.5, 0.6) is 0 Å². The molecule has 1 atom stereocenters. The molecule has 1 N–H and O–H groups in total. The third kappa shape index (κ3) is 3.33. The molecule has 110 valence electrons. The fraction of sp³-hybridized carbons (Fsp3) is 0.588. The van der Waals surface area contributed by atoms with Crippen molar-refractivity contribution in [2.75, 3.05) is 12.4 Å². The molecule has 1 aromatic rings. The van der Waals surface area contributed by atoms with E-state index in [-0.39, 0.29) is 5.91 Å². The molecule has 3 nitrogen and oxygen atoms in total. The molecule has 1 aliphatic carbocycles. The summed E-state index contributed by atoms with van der Waals surface area (Å²) in [5.74, 6) is 0.0981. The van der Waals surface area contributed by atoms with Gasteiger partial charge >= 0.3 is 0 Å². The molecule has 1 unspecified atom stereocenters. The van der Waals surface area contributed by atoms with Gasteiger partial charge < -0.3 is 10.2 Å². The number of carbonyl (C=O) groups is 1. The Morgan fingerprint density at radius 2 is 2.10 bits per heavy atom. The second kappa shape index (κ2) is 5.86. The van der Waals surface area contributed by atoms with Gasteiger partial charge in [-0.25, -0.2) is 0 Å². The maximum absolute atomic E-state index is 11.4. The Hall–Kier alpha value is -1.51. The number of anilines is 1. The molecular formula is C17H26N2O. The number of rotatable bonds is 4. The molecule has 1 fully saturated rings. The number of carbonyl (C=O) groups excluding carboxylic acids is 1. The molecule has 1 aliphatic rings. The van der Waals surface area contributed by atoms with Crippen molar-refractivity contribution in [3.8, 4) is 0 Å². The van der Waals surface area contributed by atoms with Crippen LogP contribution in [-0.4, -0.2) is 23.9 Å². The number of benzene rings is 1. The monoisotopic (exact) mass is 274 g/mol. The second-order valence-electron chi connectivity index (χ2n) is 6.61. The Balaban J connectivity index is 2.14. The van der Waals surface area contributed by atoms with Gasteiger partial charge in [0.1, 0.15) is 0 Å². The van der Waals surface area contributed by atoms with Crippen LogP contribution in [0, 0.1) is 5.41 Å². The van der Waals surface area contributed by atoms with Crippen LogP contribution >= 0.6 is 0 Å². The van der Waals surface area contributed by atoms with E-state index < -0.39 is 0 Å². The number of nitrogens with one attached hydrogen (secondary N) is 1. The maximum atomic E-state index is 11.4. The van der Waals surface area contributed by atoms with E-state index in [9.17, 15) is 4.79 Å². The molecule has 0 heterocycles. The van der Waals surface area contributed by atoms with Gasteiger partial charge in [0.05, 0.1) is 0 Å². The smallest absolute Gasteiger partial charge is 0.219 e. The Morgan fingerprint density at radius 3 is 2.70 bits per heavy atom. The summed E-state index contributed by atoms with van der Waals surface area (Å²) in [7, 11) is 1.85. The van der Waals surface area contributed by atoms with Crippen LogP contribution in [0.4, 0.5) is 5.69 Å². The van der Waals surface area contributed by atoms with Gasteiger partial charge in [-0.2, -0.15) is 0 Å². The van der Waals surface area contributed by atoms with E-state index in [1.54, 1.807) is 11.8 Å². The predicted molar refractivity (Wildman–Crippen MR) is 83.6 cm³/mol. The highest BCUT2D eigenvalue weighted by atomic mass is 16.2. The highest BCUT2D eigenvalue weighted by molar-refractivity contribution is 5.73. The largest absolute Gasteiger partial charge is 0.381 e. The first-order valence-electron chi connectivity index (χ1n) is 7.46. The standard InChI is InChI=1S/C17H26N2O/c1-13(20)19(4)12-14-8-5-6-9-15(14)18-16-10-7-11-17(16,2)3/h5-6,8-9,16,18H,7,10-12H2,1-4H3. The minimum Gasteiger partial charge on any atom is -0.381 e. The zero-order valence-electron chi connectivity index (χ0n) is 13.1. The summed E-state index contributed by atoms with van der Waals surface area (Å²) in [5, 5.41) is 3.71. The van der Waals surface area contributed by atoms with Gasteiger partial charge in [-0.1, -0.05) is 38.5 Å². The summed E-state index contributed by atoms with van der Waals surface area (Å²) in [5.41, 5.74) is 2.70. The van der Waals surface area contributed by atoms with E-state index in [0.717, 1.165) is 0 Å². The molecule has 0 aromatic heterocycles. The molecule has 0 bridgehead atoms. The lowest BCUT2D eigenvalue weighted by molar-refractivity contribution is -0.128. The number of hydrogen-bond donors (Lipinski definition) is 1. The summed E-state index contributed by atoms with van der Waals surface area (Å²) in [4.78, 5) is 13.2. The third-order valence-corrected chi connectivity index (χ3v) is 4.55. The number of nitrogens with zero attached hydrogens (tertiary/aromatic N) is 1. The first kappa shape index (κ1) is 14.9. The first-order chi connectivity index (χ1) is 9.40. The maximum Gasteiger partial charge on any atom is 0.219 e. The molecule has 0 saturated heterocycles. The van der Waals surface area contributed by atoms with Gasteiger partial charge in [0.25, 0.3) is 0 Å². The highest BCUT2D eigenvalue weighted by Gasteiger charge is 2.34. The lowest BCUT2D eigenvalue weighted by atomic mass is 9.87. The van der Waals surface area contributed by atoms with E-state index in [1.165, 1.54) is 30.5 Å². The van der Waals surface area contributed by atoms with Crippen molar-refractivity contribution in [1.82, 2.24) is 4.90 Å². The second-order valence-corrected chi connectivity index (χ2v) is 6.61. The molecular weight excluding hydrogens is 248 g/mol. The zero-order chi connectivity index (χ0) is 14.8. The quantitative estimate of drug-likeness (QED) is 0.909. The lowest BCUT2D eigenvalue weighted by Crippen LogP contribution is -2.31. The minimum atomic E-state index is 0.0981. The van der Waals surface area contributed by atoms with Crippen molar-refractivity contribution in [1.29, 1.82) is 0 Å². The summed E-state index contributed by atoms with van der Waals surface area (Å²) >= 11 is 0. The van der Waals surface area contributed by atoms with Crippen molar-refractivity contribution in [3.63, 3.8) is 0 Å². The zero-order valence-corrected chi connectivity index (χ0v) is 13.1. The van der Waals surface area contributed by atoms with E-state index in [1.807, 2.05) is 13.1 Å². The Kier molecular flexibility index (Phi) is 4.36. The summed E-state index contributed by atoms with van der Waals surface area (Å²) in [6, 6.07) is 8.84. The van der Waals surface area contributed by atoms with Crippen molar-refractivity contribution >= 4 is 11.6 Å². The lowest BCUT2D eigenvalue weighted by Gasteiger charge is -2.30. The van der Waals surface area contributed by atoms with Crippen LogP contribution < -0.4 is 5.32 Å².